The lowest BCUT2D eigenvalue weighted by molar-refractivity contribution is -0.121. The molecule has 1 rings (SSSR count). The molecule has 0 saturated heterocycles. The van der Waals surface area contributed by atoms with Crippen molar-refractivity contribution in [3.8, 4) is 0 Å². The van der Waals surface area contributed by atoms with Crippen molar-refractivity contribution in [3.63, 3.8) is 0 Å². The molecule has 1 amide bonds. The smallest absolute Gasteiger partial charge is 0.224 e. The fourth-order valence-electron chi connectivity index (χ4n) is 2.11. The minimum Gasteiger partial charge on any atom is -0.391 e. The molecule has 4 heteroatoms. The van der Waals surface area contributed by atoms with Crippen molar-refractivity contribution in [3.05, 3.63) is 34.3 Å². The van der Waals surface area contributed by atoms with E-state index in [1.54, 1.807) is 0 Å². The Morgan fingerprint density at radius 2 is 2.05 bits per heavy atom. The standard InChI is InChI=1S/C15H22BrNO2/c1-3-12(4-2)14(18)10-17-15(19)9-11-6-5-7-13(16)8-11/h5-8,12,14,18H,3-4,9-10H2,1-2H3,(H,17,19). The number of aliphatic hydroxyl groups excluding tert-OH is 1. The Balaban J connectivity index is 2.39. The third kappa shape index (κ3) is 5.74. The summed E-state index contributed by atoms with van der Waals surface area (Å²) in [6.07, 6.45) is 1.74. The molecule has 0 radical (unpaired) electrons. The number of rotatable bonds is 7. The summed E-state index contributed by atoms with van der Waals surface area (Å²) in [4.78, 5) is 11.8. The van der Waals surface area contributed by atoms with E-state index in [9.17, 15) is 9.90 Å². The fourth-order valence-corrected chi connectivity index (χ4v) is 2.56. The first kappa shape index (κ1) is 16.2. The first-order chi connectivity index (χ1) is 9.06. The van der Waals surface area contributed by atoms with Crippen molar-refractivity contribution in [1.29, 1.82) is 0 Å². The van der Waals surface area contributed by atoms with Crippen molar-refractivity contribution < 1.29 is 9.90 Å². The second-order valence-corrected chi connectivity index (χ2v) is 5.67. The Bertz CT molecular complexity index is 405. The summed E-state index contributed by atoms with van der Waals surface area (Å²) in [5.41, 5.74) is 0.962. The number of halogens is 1. The average molecular weight is 328 g/mol. The monoisotopic (exact) mass is 327 g/mol. The quantitative estimate of drug-likeness (QED) is 0.809. The highest BCUT2D eigenvalue weighted by molar-refractivity contribution is 9.10. The van der Waals surface area contributed by atoms with Gasteiger partial charge in [0.25, 0.3) is 0 Å². The molecule has 3 nitrogen and oxygen atoms in total. The van der Waals surface area contributed by atoms with Gasteiger partial charge in [-0.05, 0) is 23.6 Å². The van der Waals surface area contributed by atoms with E-state index in [0.717, 1.165) is 22.9 Å². The van der Waals surface area contributed by atoms with Crippen LogP contribution in [0, 0.1) is 5.92 Å². The van der Waals surface area contributed by atoms with Crippen molar-refractivity contribution in [2.24, 2.45) is 5.92 Å². The van der Waals surface area contributed by atoms with Crippen LogP contribution in [0.15, 0.2) is 28.7 Å². The van der Waals surface area contributed by atoms with E-state index in [0.29, 0.717) is 13.0 Å². The second-order valence-electron chi connectivity index (χ2n) is 4.75. The number of amides is 1. The second kappa shape index (κ2) is 8.33. The highest BCUT2D eigenvalue weighted by atomic mass is 79.9. The third-order valence-electron chi connectivity index (χ3n) is 3.35. The molecule has 0 heterocycles. The van der Waals surface area contributed by atoms with Crippen molar-refractivity contribution >= 4 is 21.8 Å². The van der Waals surface area contributed by atoms with Gasteiger partial charge in [-0.15, -0.1) is 0 Å². The van der Waals surface area contributed by atoms with Crippen molar-refractivity contribution in [2.45, 2.75) is 39.2 Å². The molecule has 1 aromatic carbocycles. The maximum atomic E-state index is 11.8. The summed E-state index contributed by atoms with van der Waals surface area (Å²) in [5.74, 6) is 0.203. The third-order valence-corrected chi connectivity index (χ3v) is 3.85. The number of carbonyl (C=O) groups is 1. The van der Waals surface area contributed by atoms with E-state index in [-0.39, 0.29) is 11.8 Å². The number of benzene rings is 1. The minimum atomic E-state index is -0.457. The van der Waals surface area contributed by atoms with E-state index in [1.165, 1.54) is 0 Å². The topological polar surface area (TPSA) is 49.3 Å². The summed E-state index contributed by atoms with van der Waals surface area (Å²) in [5, 5.41) is 12.7. The van der Waals surface area contributed by atoms with Crippen LogP contribution in [-0.2, 0) is 11.2 Å². The predicted octanol–water partition coefficient (Wildman–Crippen LogP) is 2.90. The van der Waals surface area contributed by atoms with E-state index in [4.69, 9.17) is 0 Å². The molecule has 0 aliphatic rings. The molecule has 0 bridgehead atoms. The van der Waals surface area contributed by atoms with E-state index >= 15 is 0 Å². The molecule has 1 atom stereocenters. The molecule has 1 aromatic rings. The van der Waals surface area contributed by atoms with Crippen LogP contribution in [-0.4, -0.2) is 23.7 Å². The van der Waals surface area contributed by atoms with E-state index in [2.05, 4.69) is 35.1 Å². The van der Waals surface area contributed by atoms with Crippen LogP contribution in [0.1, 0.15) is 32.3 Å². The molecule has 106 valence electrons. The highest BCUT2D eigenvalue weighted by Gasteiger charge is 2.16. The van der Waals surface area contributed by atoms with Crippen molar-refractivity contribution in [1.82, 2.24) is 5.32 Å². The van der Waals surface area contributed by atoms with Gasteiger partial charge in [0, 0.05) is 11.0 Å². The lowest BCUT2D eigenvalue weighted by atomic mass is 9.96. The molecule has 1 unspecified atom stereocenters. The summed E-state index contributed by atoms with van der Waals surface area (Å²) < 4.78 is 0.967. The van der Waals surface area contributed by atoms with Gasteiger partial charge in [-0.3, -0.25) is 4.79 Å². The van der Waals surface area contributed by atoms with Crippen LogP contribution in [0.2, 0.25) is 0 Å². The van der Waals surface area contributed by atoms with Gasteiger partial charge < -0.3 is 10.4 Å². The minimum absolute atomic E-state index is 0.0527. The molecular weight excluding hydrogens is 306 g/mol. The maximum Gasteiger partial charge on any atom is 0.224 e. The number of hydrogen-bond donors (Lipinski definition) is 2. The number of carbonyl (C=O) groups excluding carboxylic acids is 1. The normalized spacial score (nSPS) is 12.5. The molecule has 0 saturated carbocycles. The van der Waals surface area contributed by atoms with Gasteiger partial charge in [0.05, 0.1) is 12.5 Å². The molecule has 0 spiro atoms. The summed E-state index contributed by atoms with van der Waals surface area (Å²) in [6.45, 7) is 4.45. The molecular formula is C15H22BrNO2. The van der Waals surface area contributed by atoms with Crippen LogP contribution >= 0.6 is 15.9 Å². The Morgan fingerprint density at radius 1 is 1.37 bits per heavy atom. The van der Waals surface area contributed by atoms with Gasteiger partial charge in [-0.2, -0.15) is 0 Å². The summed E-state index contributed by atoms with van der Waals surface area (Å²) in [6, 6.07) is 7.68. The van der Waals surface area contributed by atoms with Crippen LogP contribution < -0.4 is 5.32 Å². The maximum absolute atomic E-state index is 11.8. The number of aliphatic hydroxyl groups is 1. The van der Waals surface area contributed by atoms with Gasteiger partial charge in [-0.25, -0.2) is 0 Å². The molecule has 19 heavy (non-hydrogen) atoms. The summed E-state index contributed by atoms with van der Waals surface area (Å²) >= 11 is 3.38. The number of hydrogen-bond acceptors (Lipinski definition) is 2. The average Bonchev–Trinajstić information content (AvgIpc) is 2.38. The van der Waals surface area contributed by atoms with Gasteiger partial charge in [0.1, 0.15) is 0 Å². The summed E-state index contributed by atoms with van der Waals surface area (Å²) in [7, 11) is 0. The Morgan fingerprint density at radius 3 is 2.63 bits per heavy atom. The van der Waals surface area contributed by atoms with Crippen LogP contribution in [0.25, 0.3) is 0 Å². The predicted molar refractivity (Wildman–Crippen MR) is 80.9 cm³/mol. The van der Waals surface area contributed by atoms with Gasteiger partial charge >= 0.3 is 0 Å². The fraction of sp³-hybridized carbons (Fsp3) is 0.533. The zero-order valence-corrected chi connectivity index (χ0v) is 13.1. The molecule has 0 aliphatic carbocycles. The molecule has 0 aliphatic heterocycles. The zero-order valence-electron chi connectivity index (χ0n) is 11.5. The molecule has 0 fully saturated rings. The van der Waals surface area contributed by atoms with Crippen molar-refractivity contribution in [2.75, 3.05) is 6.54 Å². The first-order valence-corrected chi connectivity index (χ1v) is 7.55. The lowest BCUT2D eigenvalue weighted by Crippen LogP contribution is -2.36. The first-order valence-electron chi connectivity index (χ1n) is 6.76. The molecule has 2 N–H and O–H groups in total. The lowest BCUT2D eigenvalue weighted by Gasteiger charge is -2.20. The van der Waals surface area contributed by atoms with Crippen LogP contribution in [0.5, 0.6) is 0 Å². The van der Waals surface area contributed by atoms with E-state index in [1.807, 2.05) is 24.3 Å². The SMILES string of the molecule is CCC(CC)C(O)CNC(=O)Cc1cccc(Br)c1. The number of nitrogens with one attached hydrogen (secondary N) is 1. The van der Waals surface area contributed by atoms with E-state index < -0.39 is 6.10 Å². The highest BCUT2D eigenvalue weighted by Crippen LogP contribution is 2.13. The van der Waals surface area contributed by atoms with Crippen LogP contribution in [0.4, 0.5) is 0 Å². The molecule has 0 aromatic heterocycles. The van der Waals surface area contributed by atoms with Gasteiger partial charge in [0.15, 0.2) is 0 Å². The Kier molecular flexibility index (Phi) is 7.10. The van der Waals surface area contributed by atoms with Gasteiger partial charge in [-0.1, -0.05) is 54.8 Å². The largest absolute Gasteiger partial charge is 0.391 e. The Hall–Kier alpha value is -0.870. The van der Waals surface area contributed by atoms with Gasteiger partial charge in [0.2, 0.25) is 5.91 Å². The Labute approximate surface area is 123 Å². The van der Waals surface area contributed by atoms with Crippen LogP contribution in [0.3, 0.4) is 0 Å². The zero-order chi connectivity index (χ0) is 14.3.